The van der Waals surface area contributed by atoms with Gasteiger partial charge in [0.1, 0.15) is 5.60 Å². The number of nitrogens with two attached hydrogens (primary N) is 1. The summed E-state index contributed by atoms with van der Waals surface area (Å²) in [7, 11) is 2.01. The lowest BCUT2D eigenvalue weighted by molar-refractivity contribution is -0.626. The van der Waals surface area contributed by atoms with Crippen molar-refractivity contribution in [2.24, 2.45) is 0 Å². The largest absolute Gasteiger partial charge is 0.444 e. The molecule has 0 saturated carbocycles. The minimum Gasteiger partial charge on any atom is -0.444 e. The molecule has 3 N–H and O–H groups in total. The fourth-order valence-electron chi connectivity index (χ4n) is 0.811. The summed E-state index contributed by atoms with van der Waals surface area (Å²) in [5.41, 5.74) is -0.402. The van der Waals surface area contributed by atoms with Crippen LogP contribution in [0.1, 0.15) is 27.2 Å². The molecule has 0 aromatic heterocycles. The second-order valence-electron chi connectivity index (χ2n) is 3.98. The first kappa shape index (κ1) is 12.2. The van der Waals surface area contributed by atoms with E-state index in [4.69, 9.17) is 4.74 Å². The maximum Gasteiger partial charge on any atom is 0.407 e. The Balaban J connectivity index is 3.41. The smallest absolute Gasteiger partial charge is 0.407 e. The van der Waals surface area contributed by atoms with E-state index in [1.54, 1.807) is 0 Å². The number of alkyl carbamates (subject to hydrolysis) is 1. The van der Waals surface area contributed by atoms with Crippen LogP contribution in [-0.2, 0) is 4.74 Å². The number of carbonyl (C=O) groups is 1. The molecule has 4 nitrogen and oxygen atoms in total. The Kier molecular flexibility index (Phi) is 5.46. The predicted molar refractivity (Wildman–Crippen MR) is 51.6 cm³/mol. The Morgan fingerprint density at radius 3 is 2.54 bits per heavy atom. The Hall–Kier alpha value is -0.770. The van der Waals surface area contributed by atoms with Gasteiger partial charge < -0.3 is 15.4 Å². The zero-order chi connectivity index (χ0) is 10.3. The van der Waals surface area contributed by atoms with Gasteiger partial charge in [-0.1, -0.05) is 0 Å². The van der Waals surface area contributed by atoms with Gasteiger partial charge in [-0.3, -0.25) is 0 Å². The molecule has 0 atom stereocenters. The lowest BCUT2D eigenvalue weighted by atomic mass is 10.2. The second kappa shape index (κ2) is 5.80. The summed E-state index contributed by atoms with van der Waals surface area (Å²) in [6.07, 6.45) is 0.638. The molecule has 4 heteroatoms. The molecule has 0 aliphatic rings. The highest BCUT2D eigenvalue weighted by atomic mass is 16.6. The minimum atomic E-state index is -0.402. The van der Waals surface area contributed by atoms with Crippen LogP contribution in [0, 0.1) is 0 Å². The van der Waals surface area contributed by atoms with Crippen LogP contribution in [0.15, 0.2) is 0 Å². The summed E-state index contributed by atoms with van der Waals surface area (Å²) in [5.74, 6) is 0. The molecule has 0 heterocycles. The van der Waals surface area contributed by atoms with E-state index >= 15 is 0 Å². The van der Waals surface area contributed by atoms with Gasteiger partial charge in [-0.05, 0) is 20.8 Å². The lowest BCUT2D eigenvalue weighted by Crippen LogP contribution is -2.79. The van der Waals surface area contributed by atoms with Crippen molar-refractivity contribution in [1.82, 2.24) is 5.32 Å². The number of amides is 1. The highest BCUT2D eigenvalue weighted by Gasteiger charge is 2.15. The Morgan fingerprint density at radius 1 is 1.46 bits per heavy atom. The quantitative estimate of drug-likeness (QED) is 0.616. The summed E-state index contributed by atoms with van der Waals surface area (Å²) < 4.78 is 5.06. The third-order valence-electron chi connectivity index (χ3n) is 1.34. The number of quaternary nitrogens is 1. The first-order valence-electron chi connectivity index (χ1n) is 4.70. The van der Waals surface area contributed by atoms with Gasteiger partial charge in [0.25, 0.3) is 0 Å². The highest BCUT2D eigenvalue weighted by Crippen LogP contribution is 2.05. The van der Waals surface area contributed by atoms with Crippen LogP contribution in [0.2, 0.25) is 0 Å². The third-order valence-corrected chi connectivity index (χ3v) is 1.34. The molecule has 0 aromatic rings. The molecule has 0 saturated heterocycles. The van der Waals surface area contributed by atoms with E-state index < -0.39 is 5.60 Å². The maximum absolute atomic E-state index is 11.1. The average Bonchev–Trinajstić information content (AvgIpc) is 1.94. The van der Waals surface area contributed by atoms with E-state index in [1.807, 2.05) is 27.8 Å². The molecule has 0 unspecified atom stereocenters. The Morgan fingerprint density at radius 2 is 2.08 bits per heavy atom. The summed E-state index contributed by atoms with van der Waals surface area (Å²) in [6.45, 7) is 7.26. The average molecular weight is 189 g/mol. The molecular weight excluding hydrogens is 168 g/mol. The van der Waals surface area contributed by atoms with Crippen molar-refractivity contribution < 1.29 is 14.8 Å². The van der Waals surface area contributed by atoms with E-state index in [2.05, 4.69) is 10.6 Å². The maximum atomic E-state index is 11.1. The van der Waals surface area contributed by atoms with E-state index in [0.29, 0.717) is 6.54 Å². The molecule has 13 heavy (non-hydrogen) atoms. The van der Waals surface area contributed by atoms with Crippen LogP contribution in [-0.4, -0.2) is 31.8 Å². The number of ether oxygens (including phenoxy) is 1. The standard InChI is InChI=1S/C9H20N2O2/c1-9(2,3)13-8(12)11-7-5-6-10-4/h10H,5-7H2,1-4H3,(H,11,12)/p+1. The minimum absolute atomic E-state index is 0.330. The fourth-order valence-corrected chi connectivity index (χ4v) is 0.811. The molecule has 0 spiro atoms. The lowest BCUT2D eigenvalue weighted by Gasteiger charge is -2.19. The molecule has 0 aliphatic carbocycles. The second-order valence-corrected chi connectivity index (χ2v) is 3.98. The summed E-state index contributed by atoms with van der Waals surface area (Å²) >= 11 is 0. The summed E-state index contributed by atoms with van der Waals surface area (Å²) in [4.78, 5) is 11.1. The normalized spacial score (nSPS) is 11.1. The van der Waals surface area contributed by atoms with Crippen molar-refractivity contribution in [2.75, 3.05) is 20.1 Å². The number of hydrogen-bond acceptors (Lipinski definition) is 2. The topological polar surface area (TPSA) is 54.9 Å². The van der Waals surface area contributed by atoms with Gasteiger partial charge in [0.05, 0.1) is 13.6 Å². The van der Waals surface area contributed by atoms with E-state index in [1.165, 1.54) is 0 Å². The van der Waals surface area contributed by atoms with E-state index in [9.17, 15) is 4.79 Å². The number of rotatable bonds is 4. The molecular formula is C9H21N2O2+. The molecule has 0 rings (SSSR count). The monoisotopic (exact) mass is 189 g/mol. The first-order chi connectivity index (χ1) is 5.95. The Labute approximate surface area is 80.0 Å². The van der Waals surface area contributed by atoms with Crippen molar-refractivity contribution in [3.63, 3.8) is 0 Å². The van der Waals surface area contributed by atoms with Gasteiger partial charge in [-0.2, -0.15) is 0 Å². The fraction of sp³-hybridized carbons (Fsp3) is 0.889. The number of carbonyl (C=O) groups excluding carboxylic acids is 1. The molecule has 0 bridgehead atoms. The van der Waals surface area contributed by atoms with E-state index in [0.717, 1.165) is 13.0 Å². The number of nitrogens with one attached hydrogen (secondary N) is 1. The van der Waals surface area contributed by atoms with Gasteiger partial charge >= 0.3 is 6.09 Å². The summed E-state index contributed by atoms with van der Waals surface area (Å²) in [6, 6.07) is 0. The van der Waals surface area contributed by atoms with Gasteiger partial charge in [0.15, 0.2) is 0 Å². The van der Waals surface area contributed by atoms with Gasteiger partial charge in [-0.15, -0.1) is 0 Å². The highest BCUT2D eigenvalue weighted by molar-refractivity contribution is 5.67. The summed E-state index contributed by atoms with van der Waals surface area (Å²) in [5, 5.41) is 4.77. The molecule has 0 aromatic carbocycles. The van der Waals surface area contributed by atoms with Crippen molar-refractivity contribution >= 4 is 6.09 Å². The van der Waals surface area contributed by atoms with Gasteiger partial charge in [-0.25, -0.2) is 4.79 Å². The molecule has 78 valence electrons. The predicted octanol–water partition coefficient (Wildman–Crippen LogP) is 0.0944. The van der Waals surface area contributed by atoms with Crippen LogP contribution in [0.5, 0.6) is 0 Å². The van der Waals surface area contributed by atoms with Crippen molar-refractivity contribution in [1.29, 1.82) is 0 Å². The molecule has 0 fully saturated rings. The van der Waals surface area contributed by atoms with E-state index in [-0.39, 0.29) is 6.09 Å². The SMILES string of the molecule is C[NH2+]CCCNC(=O)OC(C)(C)C. The van der Waals surface area contributed by atoms with Crippen LogP contribution in [0.3, 0.4) is 0 Å². The zero-order valence-electron chi connectivity index (χ0n) is 9.02. The van der Waals surface area contributed by atoms with Crippen molar-refractivity contribution in [3.05, 3.63) is 0 Å². The van der Waals surface area contributed by atoms with Crippen LogP contribution >= 0.6 is 0 Å². The molecule has 1 amide bonds. The molecule has 0 radical (unpaired) electrons. The zero-order valence-corrected chi connectivity index (χ0v) is 9.02. The Bertz CT molecular complexity index is 152. The van der Waals surface area contributed by atoms with Crippen LogP contribution in [0.25, 0.3) is 0 Å². The number of hydrogen-bond donors (Lipinski definition) is 2. The van der Waals surface area contributed by atoms with Gasteiger partial charge in [0, 0.05) is 13.0 Å². The first-order valence-corrected chi connectivity index (χ1v) is 4.70. The van der Waals surface area contributed by atoms with Crippen LogP contribution in [0.4, 0.5) is 4.79 Å². The third kappa shape index (κ3) is 9.14. The van der Waals surface area contributed by atoms with Gasteiger partial charge in [0.2, 0.25) is 0 Å². The van der Waals surface area contributed by atoms with Crippen molar-refractivity contribution in [2.45, 2.75) is 32.8 Å². The van der Waals surface area contributed by atoms with Crippen molar-refractivity contribution in [3.8, 4) is 0 Å². The van der Waals surface area contributed by atoms with Crippen LogP contribution < -0.4 is 10.6 Å². The molecule has 0 aliphatic heterocycles.